The Morgan fingerprint density at radius 3 is 2.07 bits per heavy atom. The number of aliphatic hydroxyl groups excluding tert-OH is 10. The molecular formula is C63H101NO24. The van der Waals surface area contributed by atoms with E-state index in [1.807, 2.05) is 58.1 Å². The number of ether oxygens (including phenoxy) is 8. The van der Waals surface area contributed by atoms with E-state index in [4.69, 9.17) is 43.0 Å². The average Bonchev–Trinajstić information content (AvgIpc) is 1.44. The van der Waals surface area contributed by atoms with Gasteiger partial charge in [-0.2, -0.15) is 0 Å². The lowest BCUT2D eigenvalue weighted by Crippen LogP contribution is -2.64. The summed E-state index contributed by atoms with van der Waals surface area (Å²) < 4.78 is 44.6. The fourth-order valence-electron chi connectivity index (χ4n) is 12.7. The van der Waals surface area contributed by atoms with E-state index in [-0.39, 0.29) is 54.8 Å². The monoisotopic (exact) mass is 1260 g/mol. The van der Waals surface area contributed by atoms with Gasteiger partial charge in [-0.3, -0.25) is 19.2 Å². The number of rotatable bonds is 10. The largest absolute Gasteiger partial charge is 0.460 e. The summed E-state index contributed by atoms with van der Waals surface area (Å²) in [5.74, 6) is -7.96. The molecule has 0 radical (unpaired) electrons. The third-order valence-electron chi connectivity index (χ3n) is 18.5. The van der Waals surface area contributed by atoms with E-state index in [0.717, 1.165) is 12.0 Å². The zero-order valence-corrected chi connectivity index (χ0v) is 52.6. The Morgan fingerprint density at radius 1 is 0.727 bits per heavy atom. The molecule has 11 N–H and O–H groups in total. The normalized spacial score (nSPS) is 42.4. The second kappa shape index (κ2) is 34.7. The third kappa shape index (κ3) is 19.2. The number of methoxy groups -OCH3 is 3. The van der Waals surface area contributed by atoms with Crippen molar-refractivity contribution in [2.45, 2.75) is 241 Å². The zero-order valence-electron chi connectivity index (χ0n) is 52.6. The Hall–Kier alpha value is -3.81. The topological polar surface area (TPSA) is 385 Å². The summed E-state index contributed by atoms with van der Waals surface area (Å²) in [4.78, 5) is 71.8. The fourth-order valence-corrected chi connectivity index (χ4v) is 12.7. The standard InChI is InChI=1S/C51H79NO13.C12H22O11/c1-30-16-12-11-13-17-31(2)42(61-8)28-38-21-19-36(7)51(60,65-38)48(57)49(58)52-23-15-14-18-39(52)50(59)64-43(33(4)26-37-20-22-40(53)44(27-37)62-9)29-41(54)32(3)25-35(6)46(56)47(63-10)45(55)34(5)24-30;13-1-3-5(15)6(16)9(19)12(22-3)23-10-4(2-14)21-11(20)8(18)7(10)17/h11-13,16-17,25,30,32-34,36-40,42-44,46-47,53,56,60H,14-15,18-24,26-29H2,1-10H3;3-20H,1-2H2/b13-11?,16-12+,31-17?,35-25+;/t30-,32-,33-,34-,36-,37+,38+,39+,40-,42+,43+,44-,46-,47+,51-;3-,4-,5+,6+,7-,8-,9-,10-,11-,12+/m11/s1. The summed E-state index contributed by atoms with van der Waals surface area (Å²) in [5.41, 5.74) is 1.27. The number of amides is 1. The Balaban J connectivity index is 0.000000510. The van der Waals surface area contributed by atoms with Gasteiger partial charge in [-0.1, -0.05) is 71.1 Å². The predicted molar refractivity (Wildman–Crippen MR) is 314 cm³/mol. The highest BCUT2D eigenvalue weighted by molar-refractivity contribution is 6.39. The average molecular weight is 1260 g/mol. The van der Waals surface area contributed by atoms with Crippen LogP contribution in [0.15, 0.2) is 47.6 Å². The Labute approximate surface area is 516 Å². The maximum Gasteiger partial charge on any atom is 0.329 e. The number of allylic oxidation sites excluding steroid dienone is 6. The minimum Gasteiger partial charge on any atom is -0.460 e. The molecule has 6 rings (SSSR count). The Kier molecular flexibility index (Phi) is 29.6. The number of cyclic esters (lactones) is 1. The molecular weight excluding hydrogens is 1150 g/mol. The lowest BCUT2D eigenvalue weighted by atomic mass is 9.78. The smallest absolute Gasteiger partial charge is 0.329 e. The third-order valence-corrected chi connectivity index (χ3v) is 18.5. The van der Waals surface area contributed by atoms with E-state index in [0.29, 0.717) is 63.4 Å². The molecule has 4 saturated heterocycles. The summed E-state index contributed by atoms with van der Waals surface area (Å²) >= 11 is 0. The van der Waals surface area contributed by atoms with Gasteiger partial charge in [-0.15, -0.1) is 0 Å². The molecule has 0 spiro atoms. The van der Waals surface area contributed by atoms with Crippen molar-refractivity contribution in [3.63, 3.8) is 0 Å². The highest BCUT2D eigenvalue weighted by Gasteiger charge is 2.54. The number of fused-ring (bicyclic) bond motifs is 3. The second-order valence-electron chi connectivity index (χ2n) is 25.1. The first-order valence-electron chi connectivity index (χ1n) is 31.0. The molecule has 6 aliphatic rings. The summed E-state index contributed by atoms with van der Waals surface area (Å²) in [6, 6.07) is -1.14. The number of nitrogens with zero attached hydrogens (tertiary/aromatic N) is 1. The number of piperidine rings is 1. The maximum absolute atomic E-state index is 14.4. The van der Waals surface area contributed by atoms with Crippen molar-refractivity contribution in [3.8, 4) is 0 Å². The number of hydrogen-bond donors (Lipinski definition) is 11. The molecule has 0 unspecified atom stereocenters. The molecule has 0 aromatic carbocycles. The molecule has 1 aliphatic carbocycles. The molecule has 1 saturated carbocycles. The van der Waals surface area contributed by atoms with Gasteiger partial charge in [0.05, 0.1) is 37.6 Å². The van der Waals surface area contributed by atoms with E-state index < -0.39 is 158 Å². The lowest BCUT2D eigenvalue weighted by molar-refractivity contribution is -0.355. The number of aliphatic hydroxyl groups is 11. The quantitative estimate of drug-likeness (QED) is 0.0818. The van der Waals surface area contributed by atoms with Gasteiger partial charge in [0.2, 0.25) is 5.79 Å². The molecule has 2 bridgehead atoms. The van der Waals surface area contributed by atoms with Crippen molar-refractivity contribution in [2.75, 3.05) is 41.1 Å². The Bertz CT molecular complexity index is 2380. The van der Waals surface area contributed by atoms with Gasteiger partial charge >= 0.3 is 5.97 Å². The van der Waals surface area contributed by atoms with E-state index >= 15 is 0 Å². The molecule has 25 heteroatoms. The SMILES string of the molecule is CO[C@H]1C[C@@H]2CC[C@@H](C)[C@@](O)(O2)C(=O)C(=O)N2CCCC[C@H]2C(=O)O[C@H]([C@H](C)C[C@@H]2CC[C@@H](O)[C@H](OC)C2)CC(=O)[C@H](C)/C=C(\C)[C@@H](O)[C@@H](OC)C(=O)[C@H](C)C[C@H](C)/C=C/C=CC=C1C.OC[C@H]1O[C@@H](O[C@H]2[C@H](O)[C@@H](O)[C@H](O)O[C@@H]2CO)[C@H](O)[C@@H](O)[C@H]1O. The van der Waals surface area contributed by atoms with Crippen molar-refractivity contribution < 1.29 is 118 Å². The van der Waals surface area contributed by atoms with E-state index in [9.17, 15) is 75.0 Å². The van der Waals surface area contributed by atoms with Crippen LogP contribution in [-0.2, 0) is 61.9 Å². The van der Waals surface area contributed by atoms with Gasteiger partial charge < -0.3 is 99.0 Å². The van der Waals surface area contributed by atoms with Crippen LogP contribution in [0.3, 0.4) is 0 Å². The molecule has 5 aliphatic heterocycles. The van der Waals surface area contributed by atoms with Crippen LogP contribution in [0, 0.1) is 35.5 Å². The number of Topliss-reactive ketones (excluding diaryl/α,β-unsaturated/α-hetero) is 3. The number of carbonyl (C=O) groups excluding carboxylic acids is 5. The van der Waals surface area contributed by atoms with Crippen LogP contribution in [0.2, 0.25) is 0 Å². The van der Waals surface area contributed by atoms with Crippen molar-refractivity contribution >= 4 is 29.2 Å². The summed E-state index contributed by atoms with van der Waals surface area (Å²) in [7, 11) is 4.52. The van der Waals surface area contributed by atoms with Crippen molar-refractivity contribution in [1.29, 1.82) is 0 Å². The summed E-state index contributed by atoms with van der Waals surface area (Å²) in [6.45, 7) is 11.4. The van der Waals surface area contributed by atoms with Crippen LogP contribution in [-0.4, -0.2) is 247 Å². The molecule has 5 fully saturated rings. The lowest BCUT2D eigenvalue weighted by Gasteiger charge is -2.45. The molecule has 502 valence electrons. The van der Waals surface area contributed by atoms with Gasteiger partial charge in [0.15, 0.2) is 18.4 Å². The van der Waals surface area contributed by atoms with Gasteiger partial charge in [-0.25, -0.2) is 4.79 Å². The molecule has 88 heavy (non-hydrogen) atoms. The number of ketones is 3. The van der Waals surface area contributed by atoms with Crippen LogP contribution in [0.25, 0.3) is 0 Å². The van der Waals surface area contributed by atoms with Crippen LogP contribution < -0.4 is 0 Å². The van der Waals surface area contributed by atoms with Gasteiger partial charge in [0.25, 0.3) is 11.7 Å². The van der Waals surface area contributed by atoms with Crippen LogP contribution in [0.5, 0.6) is 0 Å². The van der Waals surface area contributed by atoms with Crippen LogP contribution in [0.1, 0.15) is 126 Å². The number of carbonyl (C=O) groups is 5. The van der Waals surface area contributed by atoms with Crippen LogP contribution in [0.4, 0.5) is 0 Å². The predicted octanol–water partition coefficient (Wildman–Crippen LogP) is 0.783. The molecule has 5 heterocycles. The summed E-state index contributed by atoms with van der Waals surface area (Å²) in [6.07, 6.45) is -4.39. The Morgan fingerprint density at radius 2 is 1.42 bits per heavy atom. The van der Waals surface area contributed by atoms with E-state index in [1.54, 1.807) is 41.1 Å². The van der Waals surface area contributed by atoms with Crippen molar-refractivity contribution in [3.05, 3.63) is 47.6 Å². The second-order valence-corrected chi connectivity index (χ2v) is 25.1. The highest BCUT2D eigenvalue weighted by Crippen LogP contribution is 2.38. The van der Waals surface area contributed by atoms with Gasteiger partial charge in [0, 0.05) is 58.5 Å². The minimum atomic E-state index is -2.43. The van der Waals surface area contributed by atoms with Gasteiger partial charge in [0.1, 0.15) is 79.0 Å². The highest BCUT2D eigenvalue weighted by atomic mass is 16.7. The molecule has 0 aromatic rings. The first-order chi connectivity index (χ1) is 41.6. The number of hydrogen-bond acceptors (Lipinski definition) is 24. The molecule has 0 aromatic heterocycles. The number of esters is 1. The fraction of sp³-hybridized carbons (Fsp3) is 0.794. The first-order valence-corrected chi connectivity index (χ1v) is 31.0. The minimum absolute atomic E-state index is 0.0193. The molecule has 25 atom stereocenters. The van der Waals surface area contributed by atoms with Crippen molar-refractivity contribution in [1.82, 2.24) is 4.90 Å². The zero-order chi connectivity index (χ0) is 65.5. The van der Waals surface area contributed by atoms with Gasteiger partial charge in [-0.05, 0) is 107 Å². The van der Waals surface area contributed by atoms with E-state index in [1.165, 1.54) is 12.0 Å². The molecule has 25 nitrogen and oxygen atoms in total. The van der Waals surface area contributed by atoms with E-state index in [2.05, 4.69) is 0 Å². The van der Waals surface area contributed by atoms with Crippen molar-refractivity contribution in [2.24, 2.45) is 35.5 Å². The maximum atomic E-state index is 14.4. The molecule has 1 amide bonds. The van der Waals surface area contributed by atoms with Crippen LogP contribution >= 0.6 is 0 Å². The summed E-state index contributed by atoms with van der Waals surface area (Å²) in [5, 5.41) is 110. The first kappa shape index (κ1) is 74.9.